The van der Waals surface area contributed by atoms with Crippen molar-refractivity contribution in [1.82, 2.24) is 14.9 Å². The third-order valence-corrected chi connectivity index (χ3v) is 6.61. The predicted octanol–water partition coefficient (Wildman–Crippen LogP) is 4.04. The smallest absolute Gasteiger partial charge is 0.407 e. The van der Waals surface area contributed by atoms with Crippen molar-refractivity contribution < 1.29 is 23.8 Å². The van der Waals surface area contributed by atoms with E-state index in [2.05, 4.69) is 24.1 Å². The number of aromatic nitrogens is 2. The van der Waals surface area contributed by atoms with Gasteiger partial charge in [-0.1, -0.05) is 26.7 Å². The van der Waals surface area contributed by atoms with Gasteiger partial charge in [0.05, 0.1) is 12.5 Å². The first-order valence-corrected chi connectivity index (χ1v) is 13.0. The van der Waals surface area contributed by atoms with E-state index in [4.69, 9.17) is 32.2 Å². The lowest BCUT2D eigenvalue weighted by Crippen LogP contribution is -2.52. The van der Waals surface area contributed by atoms with Crippen LogP contribution < -0.4 is 11.1 Å². The molecule has 5 atom stereocenters. The molecular weight excluding hydrogens is 468 g/mol. The SMILES string of the molecule is CCCC(CCC)C(N)[C@@H]1[C@H](OC(=S)n2ccnc2)[C@@H](C(=O)OCC)C[C@H]1NC(=O)OC(C)(C)C. The zero-order valence-electron chi connectivity index (χ0n) is 21.9. The molecule has 1 amide bonds. The van der Waals surface area contributed by atoms with Crippen LogP contribution in [0.4, 0.5) is 4.79 Å². The fraction of sp³-hybridized carbons (Fsp3) is 0.760. The first kappa shape index (κ1) is 29.0. The Bertz CT molecular complexity index is 820. The van der Waals surface area contributed by atoms with Gasteiger partial charge in [-0.2, -0.15) is 0 Å². The van der Waals surface area contributed by atoms with Gasteiger partial charge in [-0.15, -0.1) is 0 Å². The average molecular weight is 511 g/mol. The van der Waals surface area contributed by atoms with E-state index in [-0.39, 0.29) is 35.6 Å². The number of alkyl carbamates (subject to hydrolysis) is 1. The highest BCUT2D eigenvalue weighted by Gasteiger charge is 2.53. The van der Waals surface area contributed by atoms with Gasteiger partial charge in [0, 0.05) is 30.4 Å². The maximum atomic E-state index is 13.0. The molecule has 1 unspecified atom stereocenters. The number of ether oxygens (including phenoxy) is 3. The van der Waals surface area contributed by atoms with Crippen LogP contribution in [0.3, 0.4) is 0 Å². The van der Waals surface area contributed by atoms with Gasteiger partial charge in [0.15, 0.2) is 0 Å². The van der Waals surface area contributed by atoms with Crippen molar-refractivity contribution >= 4 is 29.5 Å². The molecule has 1 aromatic rings. The second-order valence-corrected chi connectivity index (χ2v) is 10.5. The summed E-state index contributed by atoms with van der Waals surface area (Å²) < 4.78 is 18.7. The van der Waals surface area contributed by atoms with Crippen LogP contribution in [0.1, 0.15) is 73.6 Å². The Morgan fingerprint density at radius 2 is 1.89 bits per heavy atom. The number of nitrogens with one attached hydrogen (secondary N) is 1. The van der Waals surface area contributed by atoms with E-state index in [1.165, 1.54) is 0 Å². The third kappa shape index (κ3) is 8.17. The lowest BCUT2D eigenvalue weighted by molar-refractivity contribution is -0.151. The van der Waals surface area contributed by atoms with E-state index < -0.39 is 29.8 Å². The van der Waals surface area contributed by atoms with Crippen LogP contribution in [0.2, 0.25) is 0 Å². The summed E-state index contributed by atoms with van der Waals surface area (Å²) in [6.45, 7) is 11.7. The lowest BCUT2D eigenvalue weighted by atomic mass is 9.79. The largest absolute Gasteiger partial charge is 0.466 e. The Morgan fingerprint density at radius 3 is 2.40 bits per heavy atom. The minimum absolute atomic E-state index is 0.166. The molecule has 2 rings (SSSR count). The predicted molar refractivity (Wildman–Crippen MR) is 138 cm³/mol. The number of nitrogens with two attached hydrogens (primary N) is 1. The molecule has 1 saturated carbocycles. The number of imidazole rings is 1. The number of amides is 1. The maximum absolute atomic E-state index is 13.0. The van der Waals surface area contributed by atoms with Crippen molar-refractivity contribution in [3.05, 3.63) is 18.7 Å². The number of nitrogens with zero attached hydrogens (tertiary/aromatic N) is 2. The highest BCUT2D eigenvalue weighted by molar-refractivity contribution is 7.80. The van der Waals surface area contributed by atoms with Crippen molar-refractivity contribution in [3.8, 4) is 0 Å². The van der Waals surface area contributed by atoms with Gasteiger partial charge in [0.2, 0.25) is 0 Å². The van der Waals surface area contributed by atoms with Crippen molar-refractivity contribution in [3.63, 3.8) is 0 Å². The van der Waals surface area contributed by atoms with Crippen molar-refractivity contribution in [2.24, 2.45) is 23.5 Å². The third-order valence-electron chi connectivity index (χ3n) is 6.30. The van der Waals surface area contributed by atoms with E-state index >= 15 is 0 Å². The summed E-state index contributed by atoms with van der Waals surface area (Å²) in [7, 11) is 0. The molecule has 1 aliphatic carbocycles. The average Bonchev–Trinajstić information content (AvgIpc) is 3.41. The lowest BCUT2D eigenvalue weighted by Gasteiger charge is -2.36. The highest BCUT2D eigenvalue weighted by Crippen LogP contribution is 2.40. The van der Waals surface area contributed by atoms with Crippen LogP contribution in [-0.2, 0) is 19.0 Å². The number of carbonyl (C=O) groups is 2. The van der Waals surface area contributed by atoms with Gasteiger partial charge >= 0.3 is 12.1 Å². The molecule has 0 saturated heterocycles. The van der Waals surface area contributed by atoms with E-state index in [9.17, 15) is 9.59 Å². The molecule has 198 valence electrons. The van der Waals surface area contributed by atoms with Gasteiger partial charge < -0.3 is 25.3 Å². The molecule has 10 heteroatoms. The number of hydrogen-bond acceptors (Lipinski definition) is 8. The Balaban J connectivity index is 2.44. The van der Waals surface area contributed by atoms with Crippen LogP contribution in [0.5, 0.6) is 0 Å². The molecule has 35 heavy (non-hydrogen) atoms. The van der Waals surface area contributed by atoms with Crippen LogP contribution >= 0.6 is 12.2 Å². The van der Waals surface area contributed by atoms with E-state index in [0.717, 1.165) is 25.7 Å². The molecule has 3 N–H and O–H groups in total. The number of carbonyl (C=O) groups excluding carboxylic acids is 2. The molecular formula is C25H42N4O5S. The second-order valence-electron chi connectivity index (χ2n) is 10.2. The molecule has 0 aliphatic heterocycles. The number of esters is 1. The fourth-order valence-electron chi connectivity index (χ4n) is 4.93. The number of thiocarbonyl (C=S) groups is 1. The zero-order chi connectivity index (χ0) is 26.2. The number of rotatable bonds is 10. The molecule has 1 aromatic heterocycles. The Labute approximate surface area is 214 Å². The van der Waals surface area contributed by atoms with Crippen LogP contribution in [0.15, 0.2) is 18.7 Å². The minimum atomic E-state index is -0.671. The highest BCUT2D eigenvalue weighted by atomic mass is 32.1. The zero-order valence-corrected chi connectivity index (χ0v) is 22.7. The molecule has 1 fully saturated rings. The summed E-state index contributed by atoms with van der Waals surface area (Å²) in [6.07, 6.45) is 7.75. The summed E-state index contributed by atoms with van der Waals surface area (Å²) in [5.74, 6) is -1.20. The Kier molecular flexibility index (Phi) is 11.0. The van der Waals surface area contributed by atoms with Crippen LogP contribution in [0, 0.1) is 17.8 Å². The van der Waals surface area contributed by atoms with Crippen molar-refractivity contribution in [2.45, 2.75) is 97.4 Å². The maximum Gasteiger partial charge on any atom is 0.407 e. The monoisotopic (exact) mass is 510 g/mol. The van der Waals surface area contributed by atoms with Gasteiger partial charge in [-0.05, 0) is 65.1 Å². The van der Waals surface area contributed by atoms with Crippen LogP contribution in [-0.4, -0.2) is 57.2 Å². The summed E-state index contributed by atoms with van der Waals surface area (Å²) in [6, 6.07) is -0.772. The summed E-state index contributed by atoms with van der Waals surface area (Å²) in [5.41, 5.74) is 6.26. The number of hydrogen-bond donors (Lipinski definition) is 2. The topological polar surface area (TPSA) is 118 Å². The normalized spacial score (nSPS) is 23.1. The molecule has 0 bridgehead atoms. The second kappa shape index (κ2) is 13.2. The first-order valence-electron chi connectivity index (χ1n) is 12.6. The first-order chi connectivity index (χ1) is 16.5. The fourth-order valence-corrected chi connectivity index (χ4v) is 5.15. The molecule has 1 aliphatic rings. The van der Waals surface area contributed by atoms with E-state index in [1.54, 1.807) is 51.0 Å². The molecule has 0 aromatic carbocycles. The van der Waals surface area contributed by atoms with Crippen molar-refractivity contribution in [2.75, 3.05) is 6.61 Å². The molecule has 0 radical (unpaired) electrons. The van der Waals surface area contributed by atoms with Gasteiger partial charge in [0.1, 0.15) is 18.0 Å². The standard InChI is InChI=1S/C25H42N4O5S/c1-7-10-16(11-8-2)20(26)19-18(28-23(31)34-25(4,5)6)14-17(22(30)32-9-3)21(19)33-24(35)29-13-12-27-15-29/h12-13,15-21H,7-11,14,26H2,1-6H3,(H,28,31)/t17-,18+,19+,20?,21+/m0/s1. The quantitative estimate of drug-likeness (QED) is 0.358. The van der Waals surface area contributed by atoms with E-state index in [0.29, 0.717) is 6.42 Å². The minimum Gasteiger partial charge on any atom is -0.466 e. The van der Waals surface area contributed by atoms with Crippen LogP contribution in [0.25, 0.3) is 0 Å². The van der Waals surface area contributed by atoms with Gasteiger partial charge in [0.25, 0.3) is 5.17 Å². The molecule has 1 heterocycles. The molecule has 9 nitrogen and oxygen atoms in total. The summed E-state index contributed by atoms with van der Waals surface area (Å²) in [4.78, 5) is 29.8. The van der Waals surface area contributed by atoms with Crippen molar-refractivity contribution in [1.29, 1.82) is 0 Å². The van der Waals surface area contributed by atoms with Gasteiger partial charge in [-0.3, -0.25) is 9.36 Å². The van der Waals surface area contributed by atoms with E-state index in [1.807, 2.05) is 0 Å². The summed E-state index contributed by atoms with van der Waals surface area (Å²) >= 11 is 5.52. The van der Waals surface area contributed by atoms with Gasteiger partial charge in [-0.25, -0.2) is 9.78 Å². The summed E-state index contributed by atoms with van der Waals surface area (Å²) in [5, 5.41) is 3.15. The Hall–Kier alpha value is -2.20. The molecule has 0 spiro atoms. The Morgan fingerprint density at radius 1 is 1.23 bits per heavy atom.